The van der Waals surface area contributed by atoms with E-state index in [0.29, 0.717) is 4.47 Å². The summed E-state index contributed by atoms with van der Waals surface area (Å²) in [5.41, 5.74) is 7.74. The standard InChI is InChI=1S/C16H15BrFNO/c17-15-9-13(18)7-6-12(15)8-14(20)10-16(19)11-4-2-1-3-5-11/h1-7,9,16H,8,10,19H2. The van der Waals surface area contributed by atoms with Gasteiger partial charge in [0.25, 0.3) is 0 Å². The molecule has 0 saturated heterocycles. The molecule has 20 heavy (non-hydrogen) atoms. The summed E-state index contributed by atoms with van der Waals surface area (Å²) in [4.78, 5) is 12.0. The normalized spacial score (nSPS) is 12.2. The van der Waals surface area contributed by atoms with Gasteiger partial charge in [-0.3, -0.25) is 4.79 Å². The smallest absolute Gasteiger partial charge is 0.139 e. The van der Waals surface area contributed by atoms with Crippen molar-refractivity contribution in [3.63, 3.8) is 0 Å². The number of hydrogen-bond donors (Lipinski definition) is 1. The van der Waals surface area contributed by atoms with Gasteiger partial charge in [0.15, 0.2) is 0 Å². The Morgan fingerprint density at radius 3 is 2.55 bits per heavy atom. The van der Waals surface area contributed by atoms with Gasteiger partial charge in [-0.1, -0.05) is 52.3 Å². The molecule has 104 valence electrons. The highest BCUT2D eigenvalue weighted by atomic mass is 79.9. The van der Waals surface area contributed by atoms with E-state index < -0.39 is 0 Å². The molecule has 1 unspecified atom stereocenters. The van der Waals surface area contributed by atoms with Crippen LogP contribution in [0.3, 0.4) is 0 Å². The first-order valence-electron chi connectivity index (χ1n) is 6.32. The fourth-order valence-electron chi connectivity index (χ4n) is 2.01. The molecule has 0 aromatic heterocycles. The average Bonchev–Trinajstić information content (AvgIpc) is 2.43. The minimum absolute atomic E-state index is 0.0358. The summed E-state index contributed by atoms with van der Waals surface area (Å²) in [5.74, 6) is -0.289. The van der Waals surface area contributed by atoms with Gasteiger partial charge in [-0.15, -0.1) is 0 Å². The topological polar surface area (TPSA) is 43.1 Å². The highest BCUT2D eigenvalue weighted by Crippen LogP contribution is 2.21. The van der Waals surface area contributed by atoms with Crippen molar-refractivity contribution in [1.82, 2.24) is 0 Å². The Kier molecular flexibility index (Phi) is 5.04. The Morgan fingerprint density at radius 1 is 1.20 bits per heavy atom. The molecule has 0 saturated carbocycles. The van der Waals surface area contributed by atoms with E-state index in [9.17, 15) is 9.18 Å². The molecule has 0 aliphatic rings. The van der Waals surface area contributed by atoms with Crippen LogP contribution in [-0.4, -0.2) is 5.78 Å². The fraction of sp³-hybridized carbons (Fsp3) is 0.188. The minimum atomic E-state index is -0.325. The van der Waals surface area contributed by atoms with E-state index in [-0.39, 0.29) is 30.5 Å². The van der Waals surface area contributed by atoms with Crippen molar-refractivity contribution in [2.75, 3.05) is 0 Å². The van der Waals surface area contributed by atoms with Crippen molar-refractivity contribution in [3.8, 4) is 0 Å². The molecule has 2 N–H and O–H groups in total. The molecule has 2 aromatic carbocycles. The van der Waals surface area contributed by atoms with Gasteiger partial charge in [-0.25, -0.2) is 4.39 Å². The van der Waals surface area contributed by atoms with Crippen LogP contribution in [0.25, 0.3) is 0 Å². The van der Waals surface area contributed by atoms with E-state index >= 15 is 0 Å². The van der Waals surface area contributed by atoms with E-state index in [1.165, 1.54) is 12.1 Å². The van der Waals surface area contributed by atoms with Gasteiger partial charge in [-0.05, 0) is 23.3 Å². The number of hydrogen-bond acceptors (Lipinski definition) is 2. The number of Topliss-reactive ketones (excluding diaryl/α,β-unsaturated/α-hetero) is 1. The largest absolute Gasteiger partial charge is 0.324 e. The summed E-state index contributed by atoms with van der Waals surface area (Å²) in [6, 6.07) is 13.6. The van der Waals surface area contributed by atoms with E-state index in [4.69, 9.17) is 5.73 Å². The van der Waals surface area contributed by atoms with Gasteiger partial charge in [0.05, 0.1) is 0 Å². The van der Waals surface area contributed by atoms with Gasteiger partial charge < -0.3 is 5.73 Å². The molecule has 0 fully saturated rings. The second-order valence-corrected chi connectivity index (χ2v) is 5.53. The van der Waals surface area contributed by atoms with Crippen LogP contribution in [0.4, 0.5) is 4.39 Å². The molecule has 2 nitrogen and oxygen atoms in total. The molecule has 2 aromatic rings. The van der Waals surface area contributed by atoms with Gasteiger partial charge >= 0.3 is 0 Å². The molecule has 4 heteroatoms. The van der Waals surface area contributed by atoms with E-state index in [1.54, 1.807) is 6.07 Å². The number of carbonyl (C=O) groups excluding carboxylic acids is 1. The van der Waals surface area contributed by atoms with Crippen molar-refractivity contribution in [2.45, 2.75) is 18.9 Å². The van der Waals surface area contributed by atoms with Gasteiger partial charge in [0, 0.05) is 23.4 Å². The molecule has 0 spiro atoms. The summed E-state index contributed by atoms with van der Waals surface area (Å²) < 4.78 is 13.6. The lowest BCUT2D eigenvalue weighted by atomic mass is 9.99. The first kappa shape index (κ1) is 14.9. The van der Waals surface area contributed by atoms with Crippen LogP contribution in [-0.2, 0) is 11.2 Å². The van der Waals surface area contributed by atoms with E-state index in [1.807, 2.05) is 30.3 Å². The Morgan fingerprint density at radius 2 is 1.90 bits per heavy atom. The first-order valence-corrected chi connectivity index (χ1v) is 7.11. The van der Waals surface area contributed by atoms with Gasteiger partial charge in [0.2, 0.25) is 0 Å². The van der Waals surface area contributed by atoms with E-state index in [2.05, 4.69) is 15.9 Å². The lowest BCUT2D eigenvalue weighted by Gasteiger charge is -2.11. The minimum Gasteiger partial charge on any atom is -0.324 e. The number of halogens is 2. The average molecular weight is 336 g/mol. The number of nitrogens with two attached hydrogens (primary N) is 1. The highest BCUT2D eigenvalue weighted by Gasteiger charge is 2.13. The van der Waals surface area contributed by atoms with E-state index in [0.717, 1.165) is 11.1 Å². The van der Waals surface area contributed by atoms with Crippen LogP contribution in [0.15, 0.2) is 53.0 Å². The Balaban J connectivity index is 1.99. The number of benzene rings is 2. The van der Waals surface area contributed by atoms with Gasteiger partial charge in [-0.2, -0.15) is 0 Å². The molecule has 0 aliphatic heterocycles. The monoisotopic (exact) mass is 335 g/mol. The third-order valence-electron chi connectivity index (χ3n) is 3.08. The molecule has 0 amide bonds. The summed E-state index contributed by atoms with van der Waals surface area (Å²) in [5, 5.41) is 0. The molecule has 0 aliphatic carbocycles. The number of rotatable bonds is 5. The van der Waals surface area contributed by atoms with Crippen molar-refractivity contribution in [2.24, 2.45) is 5.73 Å². The Hall–Kier alpha value is -1.52. The van der Waals surface area contributed by atoms with Crippen LogP contribution < -0.4 is 5.73 Å². The van der Waals surface area contributed by atoms with Crippen LogP contribution >= 0.6 is 15.9 Å². The van der Waals surface area contributed by atoms with Crippen LogP contribution in [0.2, 0.25) is 0 Å². The molecule has 2 rings (SSSR count). The predicted octanol–water partition coefficient (Wildman–Crippen LogP) is 3.79. The zero-order valence-corrected chi connectivity index (χ0v) is 12.4. The maximum atomic E-state index is 13.0. The molecule has 0 bridgehead atoms. The molecule has 1 atom stereocenters. The zero-order chi connectivity index (χ0) is 14.5. The van der Waals surface area contributed by atoms with Gasteiger partial charge in [0.1, 0.15) is 11.6 Å². The summed E-state index contributed by atoms with van der Waals surface area (Å²) in [6.07, 6.45) is 0.523. The second kappa shape index (κ2) is 6.77. The molecule has 0 radical (unpaired) electrons. The maximum absolute atomic E-state index is 13.0. The first-order chi connectivity index (χ1) is 9.56. The predicted molar refractivity (Wildman–Crippen MR) is 80.8 cm³/mol. The van der Waals surface area contributed by atoms with Crippen LogP contribution in [0, 0.1) is 5.82 Å². The summed E-state index contributed by atoms with van der Waals surface area (Å²) in [6.45, 7) is 0. The molecule has 0 heterocycles. The second-order valence-electron chi connectivity index (χ2n) is 4.67. The van der Waals surface area contributed by atoms with Crippen molar-refractivity contribution >= 4 is 21.7 Å². The lowest BCUT2D eigenvalue weighted by molar-refractivity contribution is -0.118. The third kappa shape index (κ3) is 3.99. The Bertz CT molecular complexity index is 601. The lowest BCUT2D eigenvalue weighted by Crippen LogP contribution is -2.16. The number of carbonyl (C=O) groups is 1. The fourth-order valence-corrected chi connectivity index (χ4v) is 2.50. The van der Waals surface area contributed by atoms with Crippen molar-refractivity contribution in [1.29, 1.82) is 0 Å². The maximum Gasteiger partial charge on any atom is 0.139 e. The van der Waals surface area contributed by atoms with Crippen molar-refractivity contribution in [3.05, 3.63) is 69.9 Å². The molecular formula is C16H15BrFNO. The van der Waals surface area contributed by atoms with Crippen LogP contribution in [0.1, 0.15) is 23.6 Å². The summed E-state index contributed by atoms with van der Waals surface area (Å²) >= 11 is 3.26. The zero-order valence-electron chi connectivity index (χ0n) is 10.9. The quantitative estimate of drug-likeness (QED) is 0.903. The Labute approximate surface area is 125 Å². The van der Waals surface area contributed by atoms with Crippen LogP contribution in [0.5, 0.6) is 0 Å². The molecular weight excluding hydrogens is 321 g/mol. The highest BCUT2D eigenvalue weighted by molar-refractivity contribution is 9.10. The van der Waals surface area contributed by atoms with Crippen molar-refractivity contribution < 1.29 is 9.18 Å². The SMILES string of the molecule is NC(CC(=O)Cc1ccc(F)cc1Br)c1ccccc1. The third-order valence-corrected chi connectivity index (χ3v) is 3.82. The number of ketones is 1. The summed E-state index contributed by atoms with van der Waals surface area (Å²) in [7, 11) is 0.